The summed E-state index contributed by atoms with van der Waals surface area (Å²) in [5, 5.41) is 14.8. The molecule has 1 aliphatic rings. The molecule has 1 saturated heterocycles. The molecule has 0 aromatic heterocycles. The smallest absolute Gasteiger partial charge is 0.382 e. The quantitative estimate of drug-likeness (QED) is 0.683. The molecule has 1 aromatic carbocycles. The van der Waals surface area contributed by atoms with E-state index in [-0.39, 0.29) is 6.10 Å². The number of amides is 1. The van der Waals surface area contributed by atoms with Gasteiger partial charge in [-0.05, 0) is 17.9 Å². The molecule has 1 fully saturated rings. The fourth-order valence-corrected chi connectivity index (χ4v) is 2.90. The Balaban J connectivity index is 1.85. The largest absolute Gasteiger partial charge is 0.416 e. The minimum atomic E-state index is -4.79. The maximum absolute atomic E-state index is 12.8. The van der Waals surface area contributed by atoms with Crippen LogP contribution in [0.25, 0.3) is 0 Å². The minimum Gasteiger partial charge on any atom is -0.382 e. The lowest BCUT2D eigenvalue weighted by Gasteiger charge is -2.29. The summed E-state index contributed by atoms with van der Waals surface area (Å²) in [5.74, 6) is -1.13. The van der Waals surface area contributed by atoms with E-state index in [0.717, 1.165) is 5.56 Å². The highest BCUT2D eigenvalue weighted by Gasteiger charge is 2.46. The number of carbonyl (C=O) groups excluding carboxylic acids is 1. The first kappa shape index (κ1) is 20.7. The number of nitrogens with one attached hydrogen (secondary N) is 2. The average Bonchev–Trinajstić information content (AvgIpc) is 3.06. The second-order valence-corrected chi connectivity index (χ2v) is 6.88. The van der Waals surface area contributed by atoms with E-state index >= 15 is 0 Å². The molecule has 2 rings (SSSR count). The number of aliphatic hydroxyl groups excluding tert-OH is 1. The van der Waals surface area contributed by atoms with Gasteiger partial charge in [-0.1, -0.05) is 44.2 Å². The Kier molecular flexibility index (Phi) is 7.02. The van der Waals surface area contributed by atoms with Gasteiger partial charge in [0.25, 0.3) is 0 Å². The van der Waals surface area contributed by atoms with Gasteiger partial charge in [-0.25, -0.2) is 0 Å². The zero-order valence-electron chi connectivity index (χ0n) is 14.8. The second-order valence-electron chi connectivity index (χ2n) is 6.88. The van der Waals surface area contributed by atoms with Gasteiger partial charge in [-0.3, -0.25) is 4.79 Å². The van der Waals surface area contributed by atoms with E-state index in [2.05, 4.69) is 10.6 Å². The molecule has 1 aromatic rings. The molecule has 0 spiro atoms. The lowest BCUT2D eigenvalue weighted by atomic mass is 9.97. The zero-order valence-corrected chi connectivity index (χ0v) is 14.8. The lowest BCUT2D eigenvalue weighted by molar-refractivity contribution is -0.215. The SMILES string of the molecule is CC(C)C(NC(=O)[C@@H]1C[C@@H](OCc2ccccc2)CN1)C(O)C(F)(F)F. The van der Waals surface area contributed by atoms with Gasteiger partial charge in [0.1, 0.15) is 0 Å². The summed E-state index contributed by atoms with van der Waals surface area (Å²) in [6.45, 7) is 3.89. The molecule has 3 N–H and O–H groups in total. The molecule has 8 heteroatoms. The molecule has 1 aliphatic heterocycles. The van der Waals surface area contributed by atoms with Crippen LogP contribution in [0.4, 0.5) is 13.2 Å². The average molecular weight is 374 g/mol. The Bertz CT molecular complexity index is 581. The lowest BCUT2D eigenvalue weighted by Crippen LogP contribution is -2.55. The van der Waals surface area contributed by atoms with Crippen molar-refractivity contribution in [3.8, 4) is 0 Å². The molecule has 0 radical (unpaired) electrons. The van der Waals surface area contributed by atoms with Gasteiger partial charge in [-0.15, -0.1) is 0 Å². The first-order valence-electron chi connectivity index (χ1n) is 8.62. The van der Waals surface area contributed by atoms with Crippen molar-refractivity contribution in [3.63, 3.8) is 0 Å². The summed E-state index contributed by atoms with van der Waals surface area (Å²) in [5.41, 5.74) is 1.01. The van der Waals surface area contributed by atoms with Crippen LogP contribution in [-0.2, 0) is 16.1 Å². The van der Waals surface area contributed by atoms with Crippen molar-refractivity contribution in [2.45, 2.75) is 57.3 Å². The molecule has 0 aliphatic carbocycles. The van der Waals surface area contributed by atoms with E-state index in [1.165, 1.54) is 13.8 Å². The second kappa shape index (κ2) is 8.83. The molecule has 0 bridgehead atoms. The molecule has 0 saturated carbocycles. The first-order valence-corrected chi connectivity index (χ1v) is 8.62. The van der Waals surface area contributed by atoms with Crippen molar-refractivity contribution in [2.24, 2.45) is 5.92 Å². The molecule has 5 nitrogen and oxygen atoms in total. The topological polar surface area (TPSA) is 70.6 Å². The highest BCUT2D eigenvalue weighted by Crippen LogP contribution is 2.25. The summed E-state index contributed by atoms with van der Waals surface area (Å²) in [6.07, 6.45) is -7.22. The number of hydrogen-bond donors (Lipinski definition) is 3. The van der Waals surface area contributed by atoms with Gasteiger partial charge in [0.2, 0.25) is 5.91 Å². The van der Waals surface area contributed by atoms with Crippen LogP contribution < -0.4 is 10.6 Å². The highest BCUT2D eigenvalue weighted by atomic mass is 19.4. The standard InChI is InChI=1S/C18H25F3N2O3/c1-11(2)15(16(24)18(19,20)21)23-17(25)14-8-13(9-22-14)26-10-12-6-4-3-5-7-12/h3-7,11,13-16,22,24H,8-10H2,1-2H3,(H,23,25)/t13-,14+,15?,16?/m1/s1. The summed E-state index contributed by atoms with van der Waals surface area (Å²) >= 11 is 0. The summed E-state index contributed by atoms with van der Waals surface area (Å²) in [4.78, 5) is 12.3. The number of alkyl halides is 3. The predicted molar refractivity (Wildman–Crippen MR) is 90.3 cm³/mol. The molecule has 26 heavy (non-hydrogen) atoms. The Morgan fingerprint density at radius 1 is 1.35 bits per heavy atom. The van der Waals surface area contributed by atoms with E-state index in [1.807, 2.05) is 30.3 Å². The van der Waals surface area contributed by atoms with Crippen molar-refractivity contribution < 1.29 is 27.8 Å². The van der Waals surface area contributed by atoms with Crippen molar-refractivity contribution in [1.82, 2.24) is 10.6 Å². The van der Waals surface area contributed by atoms with Crippen LogP contribution in [0.3, 0.4) is 0 Å². The van der Waals surface area contributed by atoms with E-state index < -0.39 is 36.2 Å². The number of hydrogen-bond acceptors (Lipinski definition) is 4. The van der Waals surface area contributed by atoms with Crippen LogP contribution in [-0.4, -0.2) is 48.0 Å². The normalized spacial score (nSPS) is 23.0. The van der Waals surface area contributed by atoms with Gasteiger partial charge < -0.3 is 20.5 Å². The third-order valence-corrected chi connectivity index (χ3v) is 4.44. The van der Waals surface area contributed by atoms with Crippen LogP contribution in [0.5, 0.6) is 0 Å². The van der Waals surface area contributed by atoms with Gasteiger partial charge in [0.05, 0.1) is 24.8 Å². The van der Waals surface area contributed by atoms with Crippen LogP contribution in [0.15, 0.2) is 30.3 Å². The maximum Gasteiger partial charge on any atom is 0.416 e. The van der Waals surface area contributed by atoms with Gasteiger partial charge in [-0.2, -0.15) is 13.2 Å². The number of halogens is 3. The highest BCUT2D eigenvalue weighted by molar-refractivity contribution is 5.82. The predicted octanol–water partition coefficient (Wildman–Crippen LogP) is 2.00. The Labute approximate surface area is 150 Å². The van der Waals surface area contributed by atoms with E-state index in [4.69, 9.17) is 4.74 Å². The van der Waals surface area contributed by atoms with Crippen molar-refractivity contribution in [2.75, 3.05) is 6.54 Å². The maximum atomic E-state index is 12.8. The fraction of sp³-hybridized carbons (Fsp3) is 0.611. The van der Waals surface area contributed by atoms with Gasteiger partial charge >= 0.3 is 6.18 Å². The van der Waals surface area contributed by atoms with E-state index in [9.17, 15) is 23.1 Å². The summed E-state index contributed by atoms with van der Waals surface area (Å²) < 4.78 is 44.1. The summed E-state index contributed by atoms with van der Waals surface area (Å²) in [7, 11) is 0. The molecule has 2 unspecified atom stereocenters. The molecule has 4 atom stereocenters. The Morgan fingerprint density at radius 3 is 2.58 bits per heavy atom. The van der Waals surface area contributed by atoms with Gasteiger partial charge in [0, 0.05) is 6.54 Å². The Morgan fingerprint density at radius 2 is 2.00 bits per heavy atom. The first-order chi connectivity index (χ1) is 12.2. The number of aliphatic hydroxyl groups is 1. The molecule has 1 amide bonds. The summed E-state index contributed by atoms with van der Waals surface area (Å²) in [6, 6.07) is 7.53. The van der Waals surface area contributed by atoms with Crippen molar-refractivity contribution in [3.05, 3.63) is 35.9 Å². The third kappa shape index (κ3) is 5.69. The molecular formula is C18H25F3N2O3. The van der Waals surface area contributed by atoms with Gasteiger partial charge in [0.15, 0.2) is 6.10 Å². The molecule has 1 heterocycles. The van der Waals surface area contributed by atoms with Crippen LogP contribution >= 0.6 is 0 Å². The van der Waals surface area contributed by atoms with Crippen LogP contribution in [0.1, 0.15) is 25.8 Å². The van der Waals surface area contributed by atoms with E-state index in [1.54, 1.807) is 0 Å². The Hall–Kier alpha value is -1.64. The van der Waals surface area contributed by atoms with E-state index in [0.29, 0.717) is 19.6 Å². The zero-order chi connectivity index (χ0) is 19.3. The number of carbonyl (C=O) groups is 1. The van der Waals surface area contributed by atoms with Crippen molar-refractivity contribution >= 4 is 5.91 Å². The van der Waals surface area contributed by atoms with Crippen molar-refractivity contribution in [1.29, 1.82) is 0 Å². The fourth-order valence-electron chi connectivity index (χ4n) is 2.90. The van der Waals surface area contributed by atoms with Crippen LogP contribution in [0.2, 0.25) is 0 Å². The number of rotatable bonds is 7. The number of benzene rings is 1. The van der Waals surface area contributed by atoms with Crippen LogP contribution in [0, 0.1) is 5.92 Å². The number of ether oxygens (including phenoxy) is 1. The minimum absolute atomic E-state index is 0.198. The molecule has 146 valence electrons. The molecular weight excluding hydrogens is 349 g/mol. The monoisotopic (exact) mass is 374 g/mol. The third-order valence-electron chi connectivity index (χ3n) is 4.44.